The van der Waals surface area contributed by atoms with Gasteiger partial charge in [0.2, 0.25) is 5.91 Å². The van der Waals surface area contributed by atoms with Crippen molar-refractivity contribution in [2.24, 2.45) is 5.92 Å². The molecule has 0 saturated carbocycles. The van der Waals surface area contributed by atoms with E-state index in [1.807, 2.05) is 0 Å². The van der Waals surface area contributed by atoms with Gasteiger partial charge in [-0.3, -0.25) is 4.79 Å². The van der Waals surface area contributed by atoms with E-state index in [1.54, 1.807) is 0 Å². The van der Waals surface area contributed by atoms with E-state index in [1.165, 1.54) is 25.7 Å². The lowest BCUT2D eigenvalue weighted by molar-refractivity contribution is -0.138. The maximum atomic E-state index is 12.8. The zero-order chi connectivity index (χ0) is 13.0. The van der Waals surface area contributed by atoms with Crippen molar-refractivity contribution in [3.8, 4) is 0 Å². The van der Waals surface area contributed by atoms with Crippen molar-refractivity contribution >= 4 is 18.3 Å². The van der Waals surface area contributed by atoms with Crippen LogP contribution in [-0.2, 0) is 4.79 Å². The number of hydrogen-bond acceptors (Lipinski definition) is 2. The smallest absolute Gasteiger partial charge is 0.242 e. The third-order valence-corrected chi connectivity index (χ3v) is 4.97. The van der Waals surface area contributed by atoms with Crippen molar-refractivity contribution < 1.29 is 4.79 Å². The highest BCUT2D eigenvalue weighted by atomic mass is 35.5. The summed E-state index contributed by atoms with van der Waals surface area (Å²) in [6.45, 7) is 7.36. The number of nitrogens with zero attached hydrogens (tertiary/aromatic N) is 1. The van der Waals surface area contributed by atoms with Crippen LogP contribution in [0.25, 0.3) is 0 Å². The Hall–Kier alpha value is -0.280. The summed E-state index contributed by atoms with van der Waals surface area (Å²) in [5, 5.41) is 3.47. The van der Waals surface area contributed by atoms with Gasteiger partial charge in [0.1, 0.15) is 0 Å². The molecule has 0 aromatic carbocycles. The maximum Gasteiger partial charge on any atom is 0.242 e. The summed E-state index contributed by atoms with van der Waals surface area (Å²) >= 11 is 0. The second-order valence-corrected chi connectivity index (χ2v) is 5.96. The molecule has 112 valence electrons. The van der Waals surface area contributed by atoms with Gasteiger partial charge in [-0.15, -0.1) is 12.4 Å². The zero-order valence-corrected chi connectivity index (χ0v) is 13.2. The molecule has 2 fully saturated rings. The van der Waals surface area contributed by atoms with Crippen molar-refractivity contribution in [1.29, 1.82) is 0 Å². The molecule has 2 aliphatic heterocycles. The molecule has 0 aromatic heterocycles. The molecule has 2 saturated heterocycles. The molecule has 4 heteroatoms. The van der Waals surface area contributed by atoms with E-state index in [0.717, 1.165) is 44.8 Å². The Morgan fingerprint density at radius 2 is 2.05 bits per heavy atom. The van der Waals surface area contributed by atoms with Crippen LogP contribution in [0.1, 0.15) is 58.8 Å². The van der Waals surface area contributed by atoms with Gasteiger partial charge in [0.05, 0.1) is 5.54 Å². The van der Waals surface area contributed by atoms with Crippen LogP contribution >= 0.6 is 12.4 Å². The molecule has 0 spiro atoms. The minimum absolute atomic E-state index is 0. The predicted molar refractivity (Wildman–Crippen MR) is 81.7 cm³/mol. The highest BCUT2D eigenvalue weighted by Crippen LogP contribution is 2.28. The standard InChI is InChI=1S/C15H28N2O.ClH/c1-3-13-7-5-11-17(12-8-13)14(18)15(4-2)9-6-10-16-15;/h13,16H,3-12H2,1-2H3;1H. The normalized spacial score (nSPS) is 31.7. The first-order valence-corrected chi connectivity index (χ1v) is 7.76. The first-order chi connectivity index (χ1) is 8.72. The predicted octanol–water partition coefficient (Wildman–Crippen LogP) is 2.98. The lowest BCUT2D eigenvalue weighted by Gasteiger charge is -2.33. The largest absolute Gasteiger partial charge is 0.341 e. The summed E-state index contributed by atoms with van der Waals surface area (Å²) in [5.41, 5.74) is -0.230. The summed E-state index contributed by atoms with van der Waals surface area (Å²) in [6, 6.07) is 0. The van der Waals surface area contributed by atoms with E-state index < -0.39 is 0 Å². The Bertz CT molecular complexity index is 290. The molecule has 0 bridgehead atoms. The number of halogens is 1. The molecular formula is C15H29ClN2O. The fraction of sp³-hybridized carbons (Fsp3) is 0.933. The number of carbonyl (C=O) groups is 1. The van der Waals surface area contributed by atoms with Gasteiger partial charge in [0.25, 0.3) is 0 Å². The molecule has 2 atom stereocenters. The van der Waals surface area contributed by atoms with Crippen LogP contribution in [0.4, 0.5) is 0 Å². The Morgan fingerprint density at radius 1 is 1.26 bits per heavy atom. The molecule has 1 N–H and O–H groups in total. The fourth-order valence-corrected chi connectivity index (χ4v) is 3.52. The van der Waals surface area contributed by atoms with Gasteiger partial charge in [-0.25, -0.2) is 0 Å². The first kappa shape index (κ1) is 16.8. The minimum Gasteiger partial charge on any atom is -0.341 e. The van der Waals surface area contributed by atoms with Crippen LogP contribution in [0.5, 0.6) is 0 Å². The van der Waals surface area contributed by atoms with Crippen molar-refractivity contribution in [2.45, 2.75) is 64.3 Å². The second-order valence-electron chi connectivity index (χ2n) is 5.96. The lowest BCUT2D eigenvalue weighted by Crippen LogP contribution is -2.54. The van der Waals surface area contributed by atoms with Crippen molar-refractivity contribution in [2.75, 3.05) is 19.6 Å². The highest BCUT2D eigenvalue weighted by Gasteiger charge is 2.41. The molecule has 0 aliphatic carbocycles. The van der Waals surface area contributed by atoms with Gasteiger partial charge >= 0.3 is 0 Å². The van der Waals surface area contributed by atoms with Gasteiger partial charge in [-0.1, -0.05) is 20.3 Å². The summed E-state index contributed by atoms with van der Waals surface area (Å²) in [7, 11) is 0. The van der Waals surface area contributed by atoms with Crippen molar-refractivity contribution in [3.05, 3.63) is 0 Å². The molecule has 2 heterocycles. The maximum absolute atomic E-state index is 12.8. The zero-order valence-electron chi connectivity index (χ0n) is 12.4. The molecule has 0 aromatic rings. The molecule has 1 amide bonds. The summed E-state index contributed by atoms with van der Waals surface area (Å²) in [6.07, 6.45) is 8.04. The molecule has 3 nitrogen and oxygen atoms in total. The average molecular weight is 289 g/mol. The fourth-order valence-electron chi connectivity index (χ4n) is 3.52. The van der Waals surface area contributed by atoms with Crippen molar-refractivity contribution in [1.82, 2.24) is 10.2 Å². The molecular weight excluding hydrogens is 260 g/mol. The van der Waals surface area contributed by atoms with Gasteiger partial charge in [-0.05, 0) is 51.0 Å². The summed E-state index contributed by atoms with van der Waals surface area (Å²) < 4.78 is 0. The van der Waals surface area contributed by atoms with Crippen LogP contribution in [0, 0.1) is 5.92 Å². The summed E-state index contributed by atoms with van der Waals surface area (Å²) in [5.74, 6) is 1.20. The lowest BCUT2D eigenvalue weighted by atomic mass is 9.92. The number of carbonyl (C=O) groups excluding carboxylic acids is 1. The minimum atomic E-state index is -0.230. The van der Waals surface area contributed by atoms with Gasteiger partial charge in [0.15, 0.2) is 0 Å². The van der Waals surface area contributed by atoms with Crippen molar-refractivity contribution in [3.63, 3.8) is 0 Å². The highest BCUT2D eigenvalue weighted by molar-refractivity contribution is 5.86. The quantitative estimate of drug-likeness (QED) is 0.866. The number of rotatable bonds is 3. The Morgan fingerprint density at radius 3 is 2.63 bits per heavy atom. The number of likely N-dealkylation sites (tertiary alicyclic amines) is 1. The number of amides is 1. The SMILES string of the molecule is CCC1CCCN(C(=O)C2(CC)CCCN2)CC1.Cl. The Kier molecular flexibility index (Phi) is 6.61. The Labute approximate surface area is 123 Å². The topological polar surface area (TPSA) is 32.3 Å². The molecule has 2 rings (SSSR count). The van der Waals surface area contributed by atoms with Crippen LogP contribution < -0.4 is 5.32 Å². The van der Waals surface area contributed by atoms with E-state index in [-0.39, 0.29) is 17.9 Å². The molecule has 2 aliphatic rings. The third kappa shape index (κ3) is 3.63. The first-order valence-electron chi connectivity index (χ1n) is 7.76. The summed E-state index contributed by atoms with van der Waals surface area (Å²) in [4.78, 5) is 14.9. The second kappa shape index (κ2) is 7.49. The third-order valence-electron chi connectivity index (χ3n) is 4.97. The van der Waals surface area contributed by atoms with E-state index in [2.05, 4.69) is 24.1 Å². The molecule has 19 heavy (non-hydrogen) atoms. The van der Waals surface area contributed by atoms with E-state index >= 15 is 0 Å². The van der Waals surface area contributed by atoms with Crippen LogP contribution in [0.3, 0.4) is 0 Å². The number of nitrogens with one attached hydrogen (secondary N) is 1. The van der Waals surface area contributed by atoms with Gasteiger partial charge in [0, 0.05) is 13.1 Å². The van der Waals surface area contributed by atoms with E-state index in [4.69, 9.17) is 0 Å². The molecule has 0 radical (unpaired) electrons. The monoisotopic (exact) mass is 288 g/mol. The number of hydrogen-bond donors (Lipinski definition) is 1. The molecule has 2 unspecified atom stereocenters. The van der Waals surface area contributed by atoms with Crippen LogP contribution in [0.2, 0.25) is 0 Å². The van der Waals surface area contributed by atoms with Gasteiger partial charge < -0.3 is 10.2 Å². The van der Waals surface area contributed by atoms with E-state index in [9.17, 15) is 4.79 Å². The average Bonchev–Trinajstić information content (AvgIpc) is 2.77. The van der Waals surface area contributed by atoms with Crippen LogP contribution in [-0.4, -0.2) is 36.0 Å². The Balaban J connectivity index is 0.00000180. The van der Waals surface area contributed by atoms with Crippen LogP contribution in [0.15, 0.2) is 0 Å². The van der Waals surface area contributed by atoms with Gasteiger partial charge in [-0.2, -0.15) is 0 Å². The van der Waals surface area contributed by atoms with E-state index in [0.29, 0.717) is 5.91 Å².